The average Bonchev–Trinajstić information content (AvgIpc) is 2.22. The lowest BCUT2D eigenvalue weighted by atomic mass is 9.98. The Labute approximate surface area is 100 Å². The first-order chi connectivity index (χ1) is 7.83. The Bertz CT molecular complexity index is 371. The summed E-state index contributed by atoms with van der Waals surface area (Å²) in [7, 11) is 1.69. The van der Waals surface area contributed by atoms with Crippen LogP contribution < -0.4 is 5.32 Å². The number of nitrogens with one attached hydrogen (secondary N) is 1. The first-order valence-corrected chi connectivity index (χ1v) is 5.64. The van der Waals surface area contributed by atoms with Gasteiger partial charge in [0.1, 0.15) is 0 Å². The lowest BCUT2D eigenvalue weighted by Crippen LogP contribution is -2.19. The van der Waals surface area contributed by atoms with Crippen molar-refractivity contribution in [2.45, 2.75) is 38.9 Å². The summed E-state index contributed by atoms with van der Waals surface area (Å²) in [4.78, 5) is 0. The molecule has 0 spiro atoms. The van der Waals surface area contributed by atoms with E-state index in [-0.39, 0.29) is 12.5 Å². The topological polar surface area (TPSA) is 12.0 Å². The van der Waals surface area contributed by atoms with Crippen molar-refractivity contribution < 1.29 is 13.2 Å². The van der Waals surface area contributed by atoms with Gasteiger partial charge in [-0.25, -0.2) is 0 Å². The maximum absolute atomic E-state index is 12.2. The van der Waals surface area contributed by atoms with Crippen molar-refractivity contribution in [3.63, 3.8) is 0 Å². The molecule has 4 heteroatoms. The molecular weight excluding hydrogens is 227 g/mol. The summed E-state index contributed by atoms with van der Waals surface area (Å²) in [6.45, 7) is 3.96. The van der Waals surface area contributed by atoms with Crippen LogP contribution in [0.5, 0.6) is 0 Å². The molecule has 96 valence electrons. The standard InChI is InChI=1S/C13H18F3N/c1-9-4-5-11(8-10(9)2)12(17-3)6-7-13(14,15)16/h4-5,8,12,17H,6-7H2,1-3H3. The molecule has 0 aromatic heterocycles. The van der Waals surface area contributed by atoms with Crippen molar-refractivity contribution in [3.05, 3.63) is 34.9 Å². The van der Waals surface area contributed by atoms with Crippen molar-refractivity contribution in [2.75, 3.05) is 7.05 Å². The molecule has 1 atom stereocenters. The van der Waals surface area contributed by atoms with Crippen LogP contribution in [0.3, 0.4) is 0 Å². The van der Waals surface area contributed by atoms with Gasteiger partial charge in [-0.1, -0.05) is 18.2 Å². The summed E-state index contributed by atoms with van der Waals surface area (Å²) in [6, 6.07) is 5.55. The Balaban J connectivity index is 2.76. The van der Waals surface area contributed by atoms with Gasteiger partial charge in [-0.05, 0) is 44.0 Å². The third kappa shape index (κ3) is 4.38. The number of halogens is 3. The monoisotopic (exact) mass is 245 g/mol. The van der Waals surface area contributed by atoms with Gasteiger partial charge in [0.2, 0.25) is 0 Å². The summed E-state index contributed by atoms with van der Waals surface area (Å²) in [5.74, 6) is 0. The second-order valence-corrected chi connectivity index (χ2v) is 4.34. The highest BCUT2D eigenvalue weighted by atomic mass is 19.4. The van der Waals surface area contributed by atoms with Gasteiger partial charge in [0.05, 0.1) is 0 Å². The van der Waals surface area contributed by atoms with Gasteiger partial charge in [-0.2, -0.15) is 13.2 Å². The molecule has 0 fully saturated rings. The Morgan fingerprint density at radius 1 is 1.18 bits per heavy atom. The van der Waals surface area contributed by atoms with Crippen LogP contribution in [0.1, 0.15) is 35.6 Å². The van der Waals surface area contributed by atoms with E-state index in [1.165, 1.54) is 0 Å². The Morgan fingerprint density at radius 3 is 2.29 bits per heavy atom. The fraction of sp³-hybridized carbons (Fsp3) is 0.538. The maximum Gasteiger partial charge on any atom is 0.389 e. The van der Waals surface area contributed by atoms with Gasteiger partial charge in [-0.3, -0.25) is 0 Å². The molecule has 1 nitrogen and oxygen atoms in total. The number of benzene rings is 1. The van der Waals surface area contributed by atoms with Crippen LogP contribution in [0.15, 0.2) is 18.2 Å². The van der Waals surface area contributed by atoms with Crippen LogP contribution in [0.2, 0.25) is 0 Å². The van der Waals surface area contributed by atoms with E-state index in [0.29, 0.717) is 0 Å². The van der Waals surface area contributed by atoms with Gasteiger partial charge >= 0.3 is 6.18 Å². The first kappa shape index (κ1) is 14.0. The lowest BCUT2D eigenvalue weighted by molar-refractivity contribution is -0.136. The molecule has 1 aromatic rings. The molecule has 0 heterocycles. The molecule has 17 heavy (non-hydrogen) atoms. The molecule has 1 unspecified atom stereocenters. The predicted octanol–water partition coefficient (Wildman–Crippen LogP) is 3.91. The van der Waals surface area contributed by atoms with Gasteiger partial charge in [0, 0.05) is 12.5 Å². The molecule has 1 aromatic carbocycles. The van der Waals surface area contributed by atoms with Gasteiger partial charge in [-0.15, -0.1) is 0 Å². The second kappa shape index (κ2) is 5.54. The molecule has 0 radical (unpaired) electrons. The zero-order valence-corrected chi connectivity index (χ0v) is 10.4. The van der Waals surface area contributed by atoms with Crippen molar-refractivity contribution in [1.82, 2.24) is 5.32 Å². The Kier molecular flexibility index (Phi) is 4.57. The van der Waals surface area contributed by atoms with E-state index in [2.05, 4.69) is 5.32 Å². The van der Waals surface area contributed by atoms with E-state index in [9.17, 15) is 13.2 Å². The smallest absolute Gasteiger partial charge is 0.313 e. The van der Waals surface area contributed by atoms with E-state index >= 15 is 0 Å². The number of alkyl halides is 3. The first-order valence-electron chi connectivity index (χ1n) is 5.64. The molecule has 0 saturated heterocycles. The van der Waals surface area contributed by atoms with Crippen molar-refractivity contribution >= 4 is 0 Å². The summed E-state index contributed by atoms with van der Waals surface area (Å²) in [5, 5.41) is 2.94. The molecule has 0 amide bonds. The number of aryl methyl sites for hydroxylation is 2. The average molecular weight is 245 g/mol. The van der Waals surface area contributed by atoms with E-state index in [4.69, 9.17) is 0 Å². The van der Waals surface area contributed by atoms with Crippen LogP contribution in [0, 0.1) is 13.8 Å². The lowest BCUT2D eigenvalue weighted by Gasteiger charge is -2.18. The van der Waals surface area contributed by atoms with Gasteiger partial charge in [0.25, 0.3) is 0 Å². The predicted molar refractivity (Wildman–Crippen MR) is 63.0 cm³/mol. The maximum atomic E-state index is 12.2. The number of rotatable bonds is 4. The van der Waals surface area contributed by atoms with E-state index in [0.717, 1.165) is 16.7 Å². The third-order valence-electron chi connectivity index (χ3n) is 3.00. The summed E-state index contributed by atoms with van der Waals surface area (Å²) >= 11 is 0. The molecule has 0 aliphatic carbocycles. The molecule has 0 aliphatic heterocycles. The zero-order chi connectivity index (χ0) is 13.1. The fourth-order valence-electron chi connectivity index (χ4n) is 1.77. The molecule has 0 saturated carbocycles. The van der Waals surface area contributed by atoms with E-state index < -0.39 is 12.6 Å². The van der Waals surface area contributed by atoms with Gasteiger partial charge in [0.15, 0.2) is 0 Å². The minimum atomic E-state index is -4.09. The Hall–Kier alpha value is -1.03. The highest BCUT2D eigenvalue weighted by molar-refractivity contribution is 5.31. The molecule has 0 bridgehead atoms. The van der Waals surface area contributed by atoms with Gasteiger partial charge < -0.3 is 5.32 Å². The largest absolute Gasteiger partial charge is 0.389 e. The summed E-state index contributed by atoms with van der Waals surface area (Å²) in [5.41, 5.74) is 3.18. The highest BCUT2D eigenvalue weighted by Gasteiger charge is 2.28. The van der Waals surface area contributed by atoms with Crippen molar-refractivity contribution in [3.8, 4) is 0 Å². The van der Waals surface area contributed by atoms with Crippen LogP contribution in [0.25, 0.3) is 0 Å². The molecule has 1 rings (SSSR count). The molecule has 0 aliphatic rings. The molecule has 1 N–H and O–H groups in total. The quantitative estimate of drug-likeness (QED) is 0.848. The number of hydrogen-bond donors (Lipinski definition) is 1. The Morgan fingerprint density at radius 2 is 1.82 bits per heavy atom. The fourth-order valence-corrected chi connectivity index (χ4v) is 1.77. The highest BCUT2D eigenvalue weighted by Crippen LogP contribution is 2.28. The summed E-state index contributed by atoms with van der Waals surface area (Å²) in [6.07, 6.45) is -4.78. The zero-order valence-electron chi connectivity index (χ0n) is 10.4. The SMILES string of the molecule is CNC(CCC(F)(F)F)c1ccc(C)c(C)c1. The number of hydrogen-bond acceptors (Lipinski definition) is 1. The second-order valence-electron chi connectivity index (χ2n) is 4.34. The minimum Gasteiger partial charge on any atom is -0.313 e. The molecular formula is C13H18F3N. The van der Waals surface area contributed by atoms with Crippen molar-refractivity contribution in [1.29, 1.82) is 0 Å². The normalized spacial score (nSPS) is 13.8. The van der Waals surface area contributed by atoms with Crippen LogP contribution in [0.4, 0.5) is 13.2 Å². The van der Waals surface area contributed by atoms with Crippen LogP contribution in [-0.4, -0.2) is 13.2 Å². The van der Waals surface area contributed by atoms with Crippen molar-refractivity contribution in [2.24, 2.45) is 0 Å². The van der Waals surface area contributed by atoms with Crippen LogP contribution >= 0.6 is 0 Å². The summed E-state index contributed by atoms with van der Waals surface area (Å²) < 4.78 is 36.6. The minimum absolute atomic E-state index is 0.0719. The van der Waals surface area contributed by atoms with E-state index in [1.807, 2.05) is 32.0 Å². The van der Waals surface area contributed by atoms with Crippen LogP contribution in [-0.2, 0) is 0 Å². The third-order valence-corrected chi connectivity index (χ3v) is 3.00. The van der Waals surface area contributed by atoms with E-state index in [1.54, 1.807) is 7.05 Å².